The highest BCUT2D eigenvalue weighted by Gasteiger charge is 2.33. The summed E-state index contributed by atoms with van der Waals surface area (Å²) in [6.45, 7) is 0.408. The smallest absolute Gasteiger partial charge is 0.416 e. The number of alkyl halides is 3. The minimum atomic E-state index is -4.45. The summed E-state index contributed by atoms with van der Waals surface area (Å²) >= 11 is 0. The van der Waals surface area contributed by atoms with Gasteiger partial charge in [0, 0.05) is 12.7 Å². The molecule has 1 unspecified atom stereocenters. The zero-order chi connectivity index (χ0) is 14.0. The highest BCUT2D eigenvalue weighted by Crippen LogP contribution is 2.32. The van der Waals surface area contributed by atoms with Crippen LogP contribution < -0.4 is 4.90 Å². The van der Waals surface area contributed by atoms with Gasteiger partial charge in [-0.2, -0.15) is 13.2 Å². The normalized spacial score (nSPS) is 20.4. The van der Waals surface area contributed by atoms with Gasteiger partial charge in [0.25, 0.3) is 0 Å². The van der Waals surface area contributed by atoms with Crippen LogP contribution in [0.5, 0.6) is 0 Å². The molecule has 1 saturated heterocycles. The van der Waals surface area contributed by atoms with Crippen LogP contribution in [0, 0.1) is 0 Å². The zero-order valence-electron chi connectivity index (χ0n) is 10.0. The number of rotatable bonds is 2. The van der Waals surface area contributed by atoms with Crippen LogP contribution >= 0.6 is 0 Å². The van der Waals surface area contributed by atoms with Gasteiger partial charge < -0.3 is 10.0 Å². The first kappa shape index (κ1) is 13.6. The molecular weight excluding hydrogens is 261 g/mol. The van der Waals surface area contributed by atoms with Gasteiger partial charge in [0.15, 0.2) is 0 Å². The maximum Gasteiger partial charge on any atom is 0.416 e. The number of aromatic nitrogens is 1. The molecular formula is C12H13F3N2O2. The van der Waals surface area contributed by atoms with Gasteiger partial charge in [-0.05, 0) is 31.4 Å². The van der Waals surface area contributed by atoms with Gasteiger partial charge in [-0.3, -0.25) is 0 Å². The standard InChI is InChI=1S/C12H13F3N2O2/c13-12(14,15)8-4-5-16-10(7-8)17-6-2-1-3-9(17)11(18)19/h4-5,7,9H,1-3,6H2,(H,18,19). The Kier molecular flexibility index (Phi) is 3.64. The largest absolute Gasteiger partial charge is 0.480 e. The predicted octanol–water partition coefficient (Wildman–Crippen LogP) is 2.54. The molecule has 0 spiro atoms. The van der Waals surface area contributed by atoms with Gasteiger partial charge in [0.05, 0.1) is 5.56 Å². The van der Waals surface area contributed by atoms with Crippen molar-refractivity contribution in [3.8, 4) is 0 Å². The third-order valence-electron chi connectivity index (χ3n) is 3.15. The predicted molar refractivity (Wildman–Crippen MR) is 61.9 cm³/mol. The molecule has 1 N–H and O–H groups in total. The summed E-state index contributed by atoms with van der Waals surface area (Å²) in [6.07, 6.45) is -1.46. The van der Waals surface area contributed by atoms with Crippen LogP contribution in [0.25, 0.3) is 0 Å². The van der Waals surface area contributed by atoms with Crippen LogP contribution in [0.3, 0.4) is 0 Å². The van der Waals surface area contributed by atoms with Crippen molar-refractivity contribution in [2.45, 2.75) is 31.5 Å². The number of pyridine rings is 1. The van der Waals surface area contributed by atoms with E-state index in [-0.39, 0.29) is 5.82 Å². The lowest BCUT2D eigenvalue weighted by Gasteiger charge is -2.34. The van der Waals surface area contributed by atoms with Gasteiger partial charge in [-0.1, -0.05) is 0 Å². The Morgan fingerprint density at radius 2 is 2.16 bits per heavy atom. The number of aliphatic carboxylic acids is 1. The zero-order valence-corrected chi connectivity index (χ0v) is 10.0. The number of hydrogen-bond donors (Lipinski definition) is 1. The summed E-state index contributed by atoms with van der Waals surface area (Å²) in [5.41, 5.74) is -0.813. The number of anilines is 1. The van der Waals surface area contributed by atoms with Crippen molar-refractivity contribution in [3.05, 3.63) is 23.9 Å². The molecule has 1 aliphatic heterocycles. The average Bonchev–Trinajstić information content (AvgIpc) is 2.38. The number of halogens is 3. The van der Waals surface area contributed by atoms with Gasteiger partial charge in [-0.25, -0.2) is 9.78 Å². The molecule has 1 aliphatic rings. The molecule has 1 aromatic heterocycles. The van der Waals surface area contributed by atoms with Crippen molar-refractivity contribution in [2.24, 2.45) is 0 Å². The van der Waals surface area contributed by atoms with Crippen molar-refractivity contribution >= 4 is 11.8 Å². The van der Waals surface area contributed by atoms with Crippen LogP contribution in [0.4, 0.5) is 19.0 Å². The lowest BCUT2D eigenvalue weighted by molar-refractivity contribution is -0.139. The van der Waals surface area contributed by atoms with Gasteiger partial charge >= 0.3 is 12.1 Å². The molecule has 0 radical (unpaired) electrons. The summed E-state index contributed by atoms with van der Waals surface area (Å²) in [6, 6.07) is 0.981. The van der Waals surface area contributed by atoms with Crippen molar-refractivity contribution in [1.29, 1.82) is 0 Å². The van der Waals surface area contributed by atoms with Crippen molar-refractivity contribution in [2.75, 3.05) is 11.4 Å². The molecule has 2 rings (SSSR count). The Morgan fingerprint density at radius 1 is 1.42 bits per heavy atom. The Balaban J connectivity index is 2.32. The number of carbonyl (C=O) groups is 1. The van der Waals surface area contributed by atoms with E-state index in [9.17, 15) is 18.0 Å². The lowest BCUT2D eigenvalue weighted by atomic mass is 10.0. The Hall–Kier alpha value is -1.79. The van der Waals surface area contributed by atoms with E-state index in [4.69, 9.17) is 5.11 Å². The minimum absolute atomic E-state index is 0.0712. The molecule has 1 fully saturated rings. The minimum Gasteiger partial charge on any atom is -0.480 e. The van der Waals surface area contributed by atoms with Crippen LogP contribution in [0.15, 0.2) is 18.3 Å². The van der Waals surface area contributed by atoms with Gasteiger partial charge in [-0.15, -0.1) is 0 Å². The van der Waals surface area contributed by atoms with Gasteiger partial charge in [0.1, 0.15) is 11.9 Å². The third kappa shape index (κ3) is 2.97. The number of hydrogen-bond acceptors (Lipinski definition) is 3. The van der Waals surface area contributed by atoms with Crippen LogP contribution in [-0.2, 0) is 11.0 Å². The van der Waals surface area contributed by atoms with Crippen molar-refractivity contribution < 1.29 is 23.1 Å². The Morgan fingerprint density at radius 3 is 2.79 bits per heavy atom. The third-order valence-corrected chi connectivity index (χ3v) is 3.15. The quantitative estimate of drug-likeness (QED) is 0.900. The monoisotopic (exact) mass is 274 g/mol. The molecule has 2 heterocycles. The van der Waals surface area contributed by atoms with E-state index in [1.165, 1.54) is 4.90 Å². The molecule has 0 saturated carbocycles. The van der Waals surface area contributed by atoms with E-state index in [1.54, 1.807) is 0 Å². The SMILES string of the molecule is O=C(O)C1CCCCN1c1cc(C(F)(F)F)ccn1. The molecule has 7 heteroatoms. The van der Waals surface area contributed by atoms with Crippen LogP contribution in [0.1, 0.15) is 24.8 Å². The highest BCUT2D eigenvalue weighted by molar-refractivity contribution is 5.78. The molecule has 0 aromatic carbocycles. The second-order valence-electron chi connectivity index (χ2n) is 4.44. The maximum atomic E-state index is 12.6. The molecule has 1 atom stereocenters. The number of carboxylic acid groups (broad SMARTS) is 1. The second-order valence-corrected chi connectivity index (χ2v) is 4.44. The van der Waals surface area contributed by atoms with E-state index >= 15 is 0 Å². The lowest BCUT2D eigenvalue weighted by Crippen LogP contribution is -2.45. The van der Waals surface area contributed by atoms with E-state index in [0.29, 0.717) is 13.0 Å². The topological polar surface area (TPSA) is 53.4 Å². The number of piperidine rings is 1. The maximum absolute atomic E-state index is 12.6. The van der Waals surface area contributed by atoms with Crippen molar-refractivity contribution in [1.82, 2.24) is 4.98 Å². The summed E-state index contributed by atoms with van der Waals surface area (Å²) in [5.74, 6) is -0.958. The molecule has 104 valence electrons. The number of nitrogens with zero attached hydrogens (tertiary/aromatic N) is 2. The highest BCUT2D eigenvalue weighted by atomic mass is 19.4. The van der Waals surface area contributed by atoms with Crippen LogP contribution in [0.2, 0.25) is 0 Å². The molecule has 0 bridgehead atoms. The second kappa shape index (κ2) is 5.07. The van der Waals surface area contributed by atoms with E-state index in [2.05, 4.69) is 4.98 Å². The average molecular weight is 274 g/mol. The van der Waals surface area contributed by atoms with Gasteiger partial charge in [0.2, 0.25) is 0 Å². The molecule has 1 aromatic rings. The van der Waals surface area contributed by atoms with E-state index < -0.39 is 23.8 Å². The molecule has 0 aliphatic carbocycles. The van der Waals surface area contributed by atoms with Crippen LogP contribution in [-0.4, -0.2) is 28.6 Å². The summed E-state index contributed by atoms with van der Waals surface area (Å²) in [7, 11) is 0. The molecule has 4 nitrogen and oxygen atoms in total. The first-order valence-electron chi connectivity index (χ1n) is 5.92. The summed E-state index contributed by atoms with van der Waals surface area (Å²) in [5, 5.41) is 9.11. The van der Waals surface area contributed by atoms with Crippen molar-refractivity contribution in [3.63, 3.8) is 0 Å². The fraction of sp³-hybridized carbons (Fsp3) is 0.500. The fourth-order valence-corrected chi connectivity index (χ4v) is 2.21. The Bertz CT molecular complexity index is 476. The number of carboxylic acids is 1. The van der Waals surface area contributed by atoms with E-state index in [0.717, 1.165) is 31.2 Å². The summed E-state index contributed by atoms with van der Waals surface area (Å²) in [4.78, 5) is 16.4. The first-order chi connectivity index (χ1) is 8.89. The summed E-state index contributed by atoms with van der Waals surface area (Å²) < 4.78 is 37.9. The van der Waals surface area contributed by atoms with E-state index in [1.807, 2.05) is 0 Å². The fourth-order valence-electron chi connectivity index (χ4n) is 2.21. The molecule has 19 heavy (non-hydrogen) atoms. The first-order valence-corrected chi connectivity index (χ1v) is 5.92. The molecule has 0 amide bonds. The Labute approximate surface area is 107 Å².